The minimum absolute atomic E-state index is 0.199. The van der Waals surface area contributed by atoms with Crippen LogP contribution in [0, 0.1) is 17.9 Å². The fourth-order valence-electron chi connectivity index (χ4n) is 0.249. The Morgan fingerprint density at radius 3 is 2.12 bits per heavy atom. The first-order chi connectivity index (χ1) is 3.72. The number of hydrogen-bond donors (Lipinski definition) is 0. The summed E-state index contributed by atoms with van der Waals surface area (Å²) in [6, 6.07) is 1.78. The van der Waals surface area contributed by atoms with Gasteiger partial charge in [0.1, 0.15) is 0 Å². The molecule has 0 unspecified atom stereocenters. The molecule has 0 aliphatic rings. The summed E-state index contributed by atoms with van der Waals surface area (Å²) in [5.41, 5.74) is 0.979. The van der Waals surface area contributed by atoms with E-state index in [0.717, 1.165) is 5.57 Å². The summed E-state index contributed by atoms with van der Waals surface area (Å²) < 4.78 is 0. The molecule has 0 aliphatic heterocycles. The van der Waals surface area contributed by atoms with Gasteiger partial charge in [0.15, 0.2) is 0 Å². The van der Waals surface area contributed by atoms with Crippen LogP contribution in [0.1, 0.15) is 13.8 Å². The third-order valence-corrected chi connectivity index (χ3v) is 0.691. The van der Waals surface area contributed by atoms with Gasteiger partial charge in [-0.3, -0.25) is 0 Å². The van der Waals surface area contributed by atoms with Crippen LogP contribution in [0.25, 0.3) is 4.85 Å². The van der Waals surface area contributed by atoms with Gasteiger partial charge >= 0.3 is 0 Å². The Morgan fingerprint density at radius 2 is 2.12 bits per heavy atom. The number of nitriles is 1. The van der Waals surface area contributed by atoms with Gasteiger partial charge in [-0.05, 0) is 0 Å². The van der Waals surface area contributed by atoms with Crippen molar-refractivity contribution in [3.8, 4) is 6.07 Å². The van der Waals surface area contributed by atoms with Crippen LogP contribution in [0.4, 0.5) is 0 Å². The van der Waals surface area contributed by atoms with Crippen molar-refractivity contribution >= 4 is 0 Å². The molecule has 0 fully saturated rings. The van der Waals surface area contributed by atoms with Gasteiger partial charge in [-0.1, -0.05) is 19.4 Å². The van der Waals surface area contributed by atoms with Crippen molar-refractivity contribution in [2.45, 2.75) is 13.8 Å². The lowest BCUT2D eigenvalue weighted by Crippen LogP contribution is -1.70. The standard InChI is InChI=1S/C6H6N2/c1-5(2)6(4-7)8-3/h1-2H3. The molecule has 0 amide bonds. The zero-order valence-corrected chi connectivity index (χ0v) is 4.89. The molecule has 0 aromatic rings. The van der Waals surface area contributed by atoms with Gasteiger partial charge < -0.3 is 0 Å². The van der Waals surface area contributed by atoms with Crippen molar-refractivity contribution < 1.29 is 0 Å². The number of nitrogens with zero attached hydrogens (tertiary/aromatic N) is 2. The fourth-order valence-corrected chi connectivity index (χ4v) is 0.249. The zero-order valence-electron chi connectivity index (χ0n) is 4.89. The third-order valence-electron chi connectivity index (χ3n) is 0.691. The highest BCUT2D eigenvalue weighted by atomic mass is 14.7. The van der Waals surface area contributed by atoms with E-state index in [-0.39, 0.29) is 5.70 Å². The number of allylic oxidation sites excluding steroid dienone is 2. The van der Waals surface area contributed by atoms with Gasteiger partial charge in [-0.25, -0.2) is 10.1 Å². The first kappa shape index (κ1) is 6.72. The number of hydrogen-bond acceptors (Lipinski definition) is 1. The fraction of sp³-hybridized carbons (Fsp3) is 0.333. The maximum absolute atomic E-state index is 8.17. The normalized spacial score (nSPS) is 6.50. The maximum atomic E-state index is 8.17. The van der Waals surface area contributed by atoms with Gasteiger partial charge in [0.05, 0.1) is 12.6 Å². The van der Waals surface area contributed by atoms with E-state index in [1.807, 2.05) is 0 Å². The van der Waals surface area contributed by atoms with Crippen molar-refractivity contribution in [1.29, 1.82) is 5.26 Å². The van der Waals surface area contributed by atoms with Crippen LogP contribution < -0.4 is 0 Å². The summed E-state index contributed by atoms with van der Waals surface area (Å²) in [5, 5.41) is 8.17. The summed E-state index contributed by atoms with van der Waals surface area (Å²) in [5.74, 6) is 0. The molecule has 0 N–H and O–H groups in total. The minimum atomic E-state index is 0.199. The summed E-state index contributed by atoms with van der Waals surface area (Å²) >= 11 is 0. The lowest BCUT2D eigenvalue weighted by atomic mass is 10.3. The van der Waals surface area contributed by atoms with E-state index in [2.05, 4.69) is 4.85 Å². The second-order valence-electron chi connectivity index (χ2n) is 1.57. The topological polar surface area (TPSA) is 28.1 Å². The van der Waals surface area contributed by atoms with Crippen molar-refractivity contribution in [2.24, 2.45) is 0 Å². The molecule has 0 aromatic heterocycles. The molecule has 0 bridgehead atoms. The third kappa shape index (κ3) is 1.45. The molecule has 0 heterocycles. The van der Waals surface area contributed by atoms with Crippen molar-refractivity contribution in [2.75, 3.05) is 0 Å². The van der Waals surface area contributed by atoms with Crippen LogP contribution in [0.5, 0.6) is 0 Å². The maximum Gasteiger partial charge on any atom is 0.260 e. The molecule has 0 saturated heterocycles. The van der Waals surface area contributed by atoms with Gasteiger partial charge in [-0.2, -0.15) is 0 Å². The van der Waals surface area contributed by atoms with Crippen molar-refractivity contribution in [3.05, 3.63) is 22.7 Å². The Kier molecular flexibility index (Phi) is 2.37. The van der Waals surface area contributed by atoms with Crippen LogP contribution in [-0.2, 0) is 0 Å². The van der Waals surface area contributed by atoms with E-state index in [9.17, 15) is 0 Å². The van der Waals surface area contributed by atoms with E-state index < -0.39 is 0 Å². The molecule has 40 valence electrons. The van der Waals surface area contributed by atoms with E-state index in [0.29, 0.717) is 0 Å². The largest absolute Gasteiger partial charge is 0.260 e. The molecule has 0 spiro atoms. The minimum Gasteiger partial charge on any atom is -0.227 e. The second-order valence-corrected chi connectivity index (χ2v) is 1.57. The Hall–Kier alpha value is -1.28. The highest BCUT2D eigenvalue weighted by Gasteiger charge is 1.91. The Bertz CT molecular complexity index is 168. The lowest BCUT2D eigenvalue weighted by Gasteiger charge is -1.82. The number of rotatable bonds is 0. The molecule has 0 aliphatic carbocycles. The van der Waals surface area contributed by atoms with E-state index in [4.69, 9.17) is 11.8 Å². The Balaban J connectivity index is 4.47. The van der Waals surface area contributed by atoms with Crippen LogP contribution >= 0.6 is 0 Å². The summed E-state index contributed by atoms with van der Waals surface area (Å²) in [6.45, 7) is 9.93. The summed E-state index contributed by atoms with van der Waals surface area (Å²) in [6.07, 6.45) is 0. The van der Waals surface area contributed by atoms with Crippen LogP contribution in [0.3, 0.4) is 0 Å². The monoisotopic (exact) mass is 106 g/mol. The quantitative estimate of drug-likeness (QED) is 0.341. The first-order valence-electron chi connectivity index (χ1n) is 2.17. The molecular weight excluding hydrogens is 100 g/mol. The molecule has 2 nitrogen and oxygen atoms in total. The molecule has 0 rings (SSSR count). The predicted octanol–water partition coefficient (Wildman–Crippen LogP) is 1.72. The Labute approximate surface area is 48.9 Å². The highest BCUT2D eigenvalue weighted by molar-refractivity contribution is 5.30. The van der Waals surface area contributed by atoms with Crippen LogP contribution in [0.15, 0.2) is 11.3 Å². The molecular formula is C6H6N2. The highest BCUT2D eigenvalue weighted by Crippen LogP contribution is 2.00. The predicted molar refractivity (Wildman–Crippen MR) is 30.6 cm³/mol. The van der Waals surface area contributed by atoms with Crippen molar-refractivity contribution in [3.63, 3.8) is 0 Å². The Morgan fingerprint density at radius 1 is 1.62 bits per heavy atom. The van der Waals surface area contributed by atoms with E-state index in [1.54, 1.807) is 19.9 Å². The molecule has 2 heteroatoms. The summed E-state index contributed by atoms with van der Waals surface area (Å²) in [7, 11) is 0. The van der Waals surface area contributed by atoms with E-state index in [1.165, 1.54) is 0 Å². The van der Waals surface area contributed by atoms with Gasteiger partial charge in [0.25, 0.3) is 5.70 Å². The second kappa shape index (κ2) is 2.82. The average Bonchev–Trinajstić information content (AvgIpc) is 1.69. The van der Waals surface area contributed by atoms with Gasteiger partial charge in [-0.15, -0.1) is 0 Å². The van der Waals surface area contributed by atoms with Gasteiger partial charge in [0, 0.05) is 0 Å². The summed E-state index contributed by atoms with van der Waals surface area (Å²) in [4.78, 5) is 2.97. The van der Waals surface area contributed by atoms with Crippen molar-refractivity contribution in [1.82, 2.24) is 0 Å². The molecule has 0 aromatic carbocycles. The molecule has 8 heavy (non-hydrogen) atoms. The van der Waals surface area contributed by atoms with Crippen LogP contribution in [-0.4, -0.2) is 0 Å². The molecule has 0 saturated carbocycles. The van der Waals surface area contributed by atoms with E-state index >= 15 is 0 Å². The average molecular weight is 106 g/mol. The van der Waals surface area contributed by atoms with Crippen LogP contribution in [0.2, 0.25) is 0 Å². The molecule has 0 atom stereocenters. The van der Waals surface area contributed by atoms with Gasteiger partial charge in [0.2, 0.25) is 0 Å². The molecule has 0 radical (unpaired) electrons. The zero-order chi connectivity index (χ0) is 6.57. The smallest absolute Gasteiger partial charge is 0.227 e. The SMILES string of the molecule is [C-]#[N+]C(C#N)=C(C)C. The lowest BCUT2D eigenvalue weighted by molar-refractivity contribution is 1.33. The first-order valence-corrected chi connectivity index (χ1v) is 2.17.